The van der Waals surface area contributed by atoms with Crippen LogP contribution in [0.15, 0.2) is 23.8 Å². The first kappa shape index (κ1) is 15.8. The number of nitrogens with zero attached hydrogens (tertiary/aromatic N) is 1. The van der Waals surface area contributed by atoms with E-state index in [9.17, 15) is 10.1 Å². The van der Waals surface area contributed by atoms with Crippen molar-refractivity contribution >= 4 is 11.9 Å². The van der Waals surface area contributed by atoms with E-state index in [1.807, 2.05) is 6.07 Å². The lowest BCUT2D eigenvalue weighted by Gasteiger charge is -2.16. The maximum Gasteiger partial charge on any atom is 0.178 e. The molecular weight excluding hydrogens is 254 g/mol. The molecule has 1 rings (SSSR count). The Hall–Kier alpha value is -2.28. The van der Waals surface area contributed by atoms with Gasteiger partial charge in [0.1, 0.15) is 17.6 Å². The van der Waals surface area contributed by atoms with Gasteiger partial charge < -0.3 is 9.47 Å². The highest BCUT2D eigenvalue weighted by atomic mass is 16.5. The normalized spacial score (nSPS) is 11.7. The summed E-state index contributed by atoms with van der Waals surface area (Å²) in [7, 11) is 3.09. The third kappa shape index (κ3) is 3.61. The molecule has 0 spiro atoms. The molecule has 4 heteroatoms. The monoisotopic (exact) mass is 273 g/mol. The summed E-state index contributed by atoms with van der Waals surface area (Å²) < 4.78 is 10.4. The van der Waals surface area contributed by atoms with Gasteiger partial charge in [-0.15, -0.1) is 0 Å². The number of benzene rings is 1. The minimum atomic E-state index is -0.604. The molecule has 0 heterocycles. The van der Waals surface area contributed by atoms with E-state index in [1.54, 1.807) is 46.1 Å². The number of carbonyl (C=O) groups excluding carboxylic acids is 1. The highest BCUT2D eigenvalue weighted by molar-refractivity contribution is 6.06. The first-order chi connectivity index (χ1) is 9.33. The molecule has 4 nitrogen and oxygen atoms in total. The SMILES string of the molecule is COc1ccc(OC)c(C=C(C#N)C(=O)C(C)(C)C)c1. The number of allylic oxidation sites excluding steroid dienone is 1. The zero-order chi connectivity index (χ0) is 15.3. The highest BCUT2D eigenvalue weighted by Crippen LogP contribution is 2.28. The van der Waals surface area contributed by atoms with Crippen LogP contribution >= 0.6 is 0 Å². The molecule has 1 aromatic rings. The quantitative estimate of drug-likeness (QED) is 0.624. The van der Waals surface area contributed by atoms with Crippen LogP contribution in [0.4, 0.5) is 0 Å². The Labute approximate surface area is 119 Å². The van der Waals surface area contributed by atoms with Crippen LogP contribution in [0.3, 0.4) is 0 Å². The van der Waals surface area contributed by atoms with Crippen molar-refractivity contribution in [2.24, 2.45) is 5.41 Å². The lowest BCUT2D eigenvalue weighted by Crippen LogP contribution is -2.21. The first-order valence-electron chi connectivity index (χ1n) is 6.22. The van der Waals surface area contributed by atoms with Crippen LogP contribution < -0.4 is 9.47 Å². The minimum absolute atomic E-state index is 0.101. The summed E-state index contributed by atoms with van der Waals surface area (Å²) in [6, 6.07) is 7.18. The van der Waals surface area contributed by atoms with Gasteiger partial charge in [0.15, 0.2) is 5.78 Å². The van der Waals surface area contributed by atoms with E-state index in [1.165, 1.54) is 13.2 Å². The molecule has 0 amide bonds. The fourth-order valence-electron chi connectivity index (χ4n) is 1.66. The summed E-state index contributed by atoms with van der Waals surface area (Å²) in [5, 5.41) is 9.20. The maximum absolute atomic E-state index is 12.2. The average molecular weight is 273 g/mol. The van der Waals surface area contributed by atoms with Crippen molar-refractivity contribution in [1.82, 2.24) is 0 Å². The average Bonchev–Trinajstić information content (AvgIpc) is 2.42. The number of carbonyl (C=O) groups is 1. The van der Waals surface area contributed by atoms with Gasteiger partial charge in [-0.3, -0.25) is 4.79 Å². The van der Waals surface area contributed by atoms with Gasteiger partial charge in [0, 0.05) is 11.0 Å². The lowest BCUT2D eigenvalue weighted by atomic mass is 9.86. The Morgan fingerprint density at radius 2 is 1.90 bits per heavy atom. The van der Waals surface area contributed by atoms with Crippen molar-refractivity contribution in [3.63, 3.8) is 0 Å². The topological polar surface area (TPSA) is 59.3 Å². The largest absolute Gasteiger partial charge is 0.497 e. The molecule has 0 atom stereocenters. The number of ether oxygens (including phenoxy) is 2. The number of ketones is 1. The summed E-state index contributed by atoms with van der Waals surface area (Å²) in [5.41, 5.74) is 0.137. The van der Waals surface area contributed by atoms with Crippen molar-refractivity contribution in [3.8, 4) is 17.6 Å². The van der Waals surface area contributed by atoms with Gasteiger partial charge in [0.25, 0.3) is 0 Å². The molecular formula is C16H19NO3. The van der Waals surface area contributed by atoms with E-state index in [2.05, 4.69) is 0 Å². The second kappa shape index (κ2) is 6.25. The van der Waals surface area contributed by atoms with Crippen molar-refractivity contribution < 1.29 is 14.3 Å². The van der Waals surface area contributed by atoms with E-state index >= 15 is 0 Å². The highest BCUT2D eigenvalue weighted by Gasteiger charge is 2.25. The molecule has 106 valence electrons. The molecule has 0 N–H and O–H groups in total. The minimum Gasteiger partial charge on any atom is -0.497 e. The van der Waals surface area contributed by atoms with Gasteiger partial charge in [-0.1, -0.05) is 20.8 Å². The van der Waals surface area contributed by atoms with Crippen molar-refractivity contribution in [1.29, 1.82) is 5.26 Å². The summed E-state index contributed by atoms with van der Waals surface area (Å²) >= 11 is 0. The van der Waals surface area contributed by atoms with Gasteiger partial charge in [0.05, 0.1) is 19.8 Å². The summed E-state index contributed by atoms with van der Waals surface area (Å²) in [6.07, 6.45) is 1.54. The van der Waals surface area contributed by atoms with Crippen LogP contribution in [-0.4, -0.2) is 20.0 Å². The summed E-state index contributed by atoms with van der Waals surface area (Å²) in [5.74, 6) is 1.02. The molecule has 0 aliphatic carbocycles. The second-order valence-corrected chi connectivity index (χ2v) is 5.36. The molecule has 0 fully saturated rings. The zero-order valence-electron chi connectivity index (χ0n) is 12.5. The van der Waals surface area contributed by atoms with Gasteiger partial charge in [-0.25, -0.2) is 0 Å². The van der Waals surface area contributed by atoms with Gasteiger partial charge >= 0.3 is 0 Å². The van der Waals surface area contributed by atoms with Crippen molar-refractivity contribution in [2.75, 3.05) is 14.2 Å². The third-order valence-corrected chi connectivity index (χ3v) is 2.78. The number of Topliss-reactive ketones (excluding diaryl/α,β-unsaturated/α-hetero) is 1. The van der Waals surface area contributed by atoms with Gasteiger partial charge in [-0.2, -0.15) is 5.26 Å². The predicted molar refractivity (Wildman–Crippen MR) is 77.6 cm³/mol. The predicted octanol–water partition coefficient (Wildman–Crippen LogP) is 3.23. The molecule has 0 saturated heterocycles. The Bertz CT molecular complexity index is 574. The van der Waals surface area contributed by atoms with Crippen LogP contribution in [0, 0.1) is 16.7 Å². The van der Waals surface area contributed by atoms with E-state index in [0.717, 1.165) is 0 Å². The number of hydrogen-bond acceptors (Lipinski definition) is 4. The molecule has 0 unspecified atom stereocenters. The molecule has 0 saturated carbocycles. The van der Waals surface area contributed by atoms with Crippen molar-refractivity contribution in [2.45, 2.75) is 20.8 Å². The number of rotatable bonds is 4. The van der Waals surface area contributed by atoms with E-state index in [0.29, 0.717) is 17.1 Å². The summed E-state index contributed by atoms with van der Waals surface area (Å²) in [4.78, 5) is 12.2. The van der Waals surface area contributed by atoms with E-state index in [4.69, 9.17) is 9.47 Å². The molecule has 0 aromatic heterocycles. The molecule has 1 aromatic carbocycles. The van der Waals surface area contributed by atoms with E-state index in [-0.39, 0.29) is 11.4 Å². The standard InChI is InChI=1S/C16H19NO3/c1-16(2,3)15(18)12(10-17)8-11-9-13(19-4)6-7-14(11)20-5/h6-9H,1-5H3. The third-order valence-electron chi connectivity index (χ3n) is 2.78. The van der Waals surface area contributed by atoms with Gasteiger partial charge in [-0.05, 0) is 24.3 Å². The molecule has 0 radical (unpaired) electrons. The first-order valence-corrected chi connectivity index (χ1v) is 6.22. The van der Waals surface area contributed by atoms with Crippen LogP contribution in [0.25, 0.3) is 6.08 Å². The number of methoxy groups -OCH3 is 2. The zero-order valence-corrected chi connectivity index (χ0v) is 12.5. The van der Waals surface area contributed by atoms with Crippen LogP contribution in [-0.2, 0) is 4.79 Å². The molecule has 0 aliphatic rings. The maximum atomic E-state index is 12.2. The lowest BCUT2D eigenvalue weighted by molar-refractivity contribution is -0.121. The second-order valence-electron chi connectivity index (χ2n) is 5.36. The Kier molecular flexibility index (Phi) is 4.93. The molecule has 0 aliphatic heterocycles. The Morgan fingerprint density at radius 3 is 2.35 bits per heavy atom. The van der Waals surface area contributed by atoms with Crippen molar-refractivity contribution in [3.05, 3.63) is 29.3 Å². The summed E-state index contributed by atoms with van der Waals surface area (Å²) in [6.45, 7) is 5.34. The fraction of sp³-hybridized carbons (Fsp3) is 0.375. The van der Waals surface area contributed by atoms with Gasteiger partial charge in [0.2, 0.25) is 0 Å². The Morgan fingerprint density at radius 1 is 1.25 bits per heavy atom. The smallest absolute Gasteiger partial charge is 0.178 e. The Balaban J connectivity index is 3.32. The van der Waals surface area contributed by atoms with Crippen LogP contribution in [0.5, 0.6) is 11.5 Å². The molecule has 0 bridgehead atoms. The van der Waals surface area contributed by atoms with E-state index < -0.39 is 5.41 Å². The fourth-order valence-corrected chi connectivity index (χ4v) is 1.66. The van der Waals surface area contributed by atoms with Crippen LogP contribution in [0.2, 0.25) is 0 Å². The molecule has 20 heavy (non-hydrogen) atoms. The number of nitriles is 1. The number of hydrogen-bond donors (Lipinski definition) is 0. The van der Waals surface area contributed by atoms with Crippen LogP contribution in [0.1, 0.15) is 26.3 Å².